The van der Waals surface area contributed by atoms with Crippen LogP contribution in [0.15, 0.2) is 34.2 Å². The van der Waals surface area contributed by atoms with Gasteiger partial charge in [-0.05, 0) is 31.0 Å². The molecule has 0 saturated heterocycles. The average molecular weight is 283 g/mol. The van der Waals surface area contributed by atoms with Gasteiger partial charge in [-0.2, -0.15) is 0 Å². The van der Waals surface area contributed by atoms with Crippen LogP contribution in [-0.4, -0.2) is 26.7 Å². The molecule has 0 heterocycles. The molecule has 3 N–H and O–H groups in total. The summed E-state index contributed by atoms with van der Waals surface area (Å²) in [4.78, 5) is 4.52. The lowest BCUT2D eigenvalue weighted by molar-refractivity contribution is 0.602. The predicted molar refractivity (Wildman–Crippen MR) is 77.8 cm³/mol. The fraction of sp³-hybridized carbons (Fsp3) is 0.462. The van der Waals surface area contributed by atoms with E-state index in [1.807, 2.05) is 6.92 Å². The summed E-state index contributed by atoms with van der Waals surface area (Å²) in [5, 5.41) is 3.07. The summed E-state index contributed by atoms with van der Waals surface area (Å²) in [6, 6.07) is 6.94. The molecule has 0 fully saturated rings. The van der Waals surface area contributed by atoms with Gasteiger partial charge in [0.2, 0.25) is 0 Å². The monoisotopic (exact) mass is 283 g/mol. The maximum atomic E-state index is 11.3. The predicted octanol–water partition coefficient (Wildman–Crippen LogP) is 1.29. The molecule has 1 aromatic carbocycles. The molecule has 1 unspecified atom stereocenters. The molecular formula is C13H21N3O2S. The van der Waals surface area contributed by atoms with Crippen LogP contribution in [0.5, 0.6) is 0 Å². The highest BCUT2D eigenvalue weighted by Gasteiger charge is 2.05. The van der Waals surface area contributed by atoms with E-state index in [0.29, 0.717) is 17.4 Å². The van der Waals surface area contributed by atoms with Crippen molar-refractivity contribution < 1.29 is 8.42 Å². The Kier molecular flexibility index (Phi) is 5.35. The van der Waals surface area contributed by atoms with Gasteiger partial charge < -0.3 is 11.1 Å². The first kappa shape index (κ1) is 15.5. The second kappa shape index (κ2) is 6.56. The Balaban J connectivity index is 2.66. The Bertz CT molecular complexity index is 536. The maximum Gasteiger partial charge on any atom is 0.189 e. The fourth-order valence-electron chi connectivity index (χ4n) is 1.42. The highest BCUT2D eigenvalue weighted by Crippen LogP contribution is 2.10. The van der Waals surface area contributed by atoms with Crippen LogP contribution in [0, 0.1) is 0 Å². The molecule has 0 aromatic heterocycles. The topological polar surface area (TPSA) is 84.5 Å². The van der Waals surface area contributed by atoms with Crippen LogP contribution in [0.3, 0.4) is 0 Å². The molecule has 0 amide bonds. The number of aliphatic imine (C=N–C) groups is 1. The number of hydrogen-bond acceptors (Lipinski definition) is 3. The van der Waals surface area contributed by atoms with Crippen molar-refractivity contribution in [2.45, 2.75) is 37.8 Å². The molecule has 0 saturated carbocycles. The van der Waals surface area contributed by atoms with E-state index in [1.54, 1.807) is 24.3 Å². The summed E-state index contributed by atoms with van der Waals surface area (Å²) in [6.07, 6.45) is 2.16. The van der Waals surface area contributed by atoms with Crippen molar-refractivity contribution in [3.63, 3.8) is 0 Å². The van der Waals surface area contributed by atoms with Gasteiger partial charge in [-0.1, -0.05) is 19.1 Å². The van der Waals surface area contributed by atoms with E-state index in [-0.39, 0.29) is 6.04 Å². The first-order chi connectivity index (χ1) is 8.82. The van der Waals surface area contributed by atoms with E-state index in [2.05, 4.69) is 17.2 Å². The van der Waals surface area contributed by atoms with Gasteiger partial charge in [-0.3, -0.25) is 0 Å². The minimum Gasteiger partial charge on any atom is -0.370 e. The van der Waals surface area contributed by atoms with E-state index < -0.39 is 9.84 Å². The third kappa shape index (κ3) is 5.30. The number of rotatable bonds is 5. The second-order valence-corrected chi connectivity index (χ2v) is 6.59. The lowest BCUT2D eigenvalue weighted by atomic mass is 10.2. The Morgan fingerprint density at radius 1 is 1.37 bits per heavy atom. The minimum atomic E-state index is -3.14. The van der Waals surface area contributed by atoms with Gasteiger partial charge in [-0.25, -0.2) is 13.4 Å². The smallest absolute Gasteiger partial charge is 0.189 e. The van der Waals surface area contributed by atoms with E-state index in [4.69, 9.17) is 5.73 Å². The largest absolute Gasteiger partial charge is 0.370 e. The van der Waals surface area contributed by atoms with Crippen LogP contribution < -0.4 is 11.1 Å². The number of nitrogens with two attached hydrogens (primary N) is 1. The van der Waals surface area contributed by atoms with Crippen molar-refractivity contribution in [1.82, 2.24) is 5.32 Å². The molecule has 1 aromatic rings. The fourth-order valence-corrected chi connectivity index (χ4v) is 2.05. The number of guanidine groups is 1. The zero-order chi connectivity index (χ0) is 14.5. The van der Waals surface area contributed by atoms with Crippen LogP contribution >= 0.6 is 0 Å². The van der Waals surface area contributed by atoms with Crippen molar-refractivity contribution in [3.8, 4) is 0 Å². The maximum absolute atomic E-state index is 11.3. The first-order valence-electron chi connectivity index (χ1n) is 6.18. The highest BCUT2D eigenvalue weighted by molar-refractivity contribution is 7.90. The molecule has 0 radical (unpaired) electrons. The lowest BCUT2D eigenvalue weighted by Crippen LogP contribution is -2.38. The van der Waals surface area contributed by atoms with E-state index in [9.17, 15) is 8.42 Å². The molecule has 0 aliphatic rings. The third-order valence-corrected chi connectivity index (χ3v) is 3.92. The van der Waals surface area contributed by atoms with Crippen molar-refractivity contribution >= 4 is 15.8 Å². The summed E-state index contributed by atoms with van der Waals surface area (Å²) >= 11 is 0. The van der Waals surface area contributed by atoms with Crippen molar-refractivity contribution in [3.05, 3.63) is 29.8 Å². The zero-order valence-electron chi connectivity index (χ0n) is 11.6. The van der Waals surface area contributed by atoms with Crippen LogP contribution in [-0.2, 0) is 16.4 Å². The van der Waals surface area contributed by atoms with E-state index in [1.165, 1.54) is 6.26 Å². The quantitative estimate of drug-likeness (QED) is 0.630. The third-order valence-electron chi connectivity index (χ3n) is 2.79. The van der Waals surface area contributed by atoms with Crippen LogP contribution in [0.4, 0.5) is 0 Å². The Morgan fingerprint density at radius 3 is 2.42 bits per heavy atom. The van der Waals surface area contributed by atoms with E-state index >= 15 is 0 Å². The summed E-state index contributed by atoms with van der Waals surface area (Å²) in [5.74, 6) is 0.404. The first-order valence-corrected chi connectivity index (χ1v) is 8.07. The number of benzene rings is 1. The molecule has 106 valence electrons. The minimum absolute atomic E-state index is 0.288. The van der Waals surface area contributed by atoms with Gasteiger partial charge in [-0.15, -0.1) is 0 Å². The zero-order valence-corrected chi connectivity index (χ0v) is 12.4. The molecule has 5 nitrogen and oxygen atoms in total. The number of hydrogen-bond donors (Lipinski definition) is 2. The summed E-state index contributed by atoms with van der Waals surface area (Å²) in [6.45, 7) is 4.53. The Labute approximate surface area is 114 Å². The molecule has 0 spiro atoms. The average Bonchev–Trinajstić information content (AvgIpc) is 2.35. The second-order valence-electron chi connectivity index (χ2n) is 4.57. The summed E-state index contributed by atoms with van der Waals surface area (Å²) < 4.78 is 22.6. The SMILES string of the molecule is CCC(C)NC(N)=NCc1ccc(S(C)(=O)=O)cc1. The normalized spacial score (nSPS) is 14.2. The number of nitrogens with zero attached hydrogens (tertiary/aromatic N) is 1. The molecule has 1 atom stereocenters. The Hall–Kier alpha value is -1.56. The molecule has 0 bridgehead atoms. The van der Waals surface area contributed by atoms with Crippen LogP contribution in [0.25, 0.3) is 0 Å². The summed E-state index contributed by atoms with van der Waals surface area (Å²) in [7, 11) is -3.14. The van der Waals surface area contributed by atoms with Crippen LogP contribution in [0.2, 0.25) is 0 Å². The van der Waals surface area contributed by atoms with Gasteiger partial charge in [0.15, 0.2) is 15.8 Å². The van der Waals surface area contributed by atoms with Gasteiger partial charge in [0.05, 0.1) is 11.4 Å². The lowest BCUT2D eigenvalue weighted by Gasteiger charge is -2.11. The number of nitrogens with one attached hydrogen (secondary N) is 1. The van der Waals surface area contributed by atoms with Crippen molar-refractivity contribution in [2.75, 3.05) is 6.26 Å². The number of sulfone groups is 1. The van der Waals surface area contributed by atoms with Crippen LogP contribution in [0.1, 0.15) is 25.8 Å². The molecule has 0 aliphatic carbocycles. The molecule has 6 heteroatoms. The van der Waals surface area contributed by atoms with Gasteiger partial charge in [0.25, 0.3) is 0 Å². The van der Waals surface area contributed by atoms with E-state index in [0.717, 1.165) is 12.0 Å². The van der Waals surface area contributed by atoms with Gasteiger partial charge in [0.1, 0.15) is 0 Å². The Morgan fingerprint density at radius 2 is 1.95 bits per heavy atom. The van der Waals surface area contributed by atoms with Gasteiger partial charge in [0, 0.05) is 12.3 Å². The van der Waals surface area contributed by atoms with Gasteiger partial charge >= 0.3 is 0 Å². The molecule has 19 heavy (non-hydrogen) atoms. The standard InChI is InChI=1S/C13H21N3O2S/c1-4-10(2)16-13(14)15-9-11-5-7-12(8-6-11)19(3,17)18/h5-8,10H,4,9H2,1-3H3,(H3,14,15,16). The molecule has 1 rings (SSSR count). The van der Waals surface area contributed by atoms with Crippen molar-refractivity contribution in [2.24, 2.45) is 10.7 Å². The molecular weight excluding hydrogens is 262 g/mol. The van der Waals surface area contributed by atoms with Crippen molar-refractivity contribution in [1.29, 1.82) is 0 Å². The molecule has 0 aliphatic heterocycles. The summed E-state index contributed by atoms with van der Waals surface area (Å²) in [5.41, 5.74) is 6.66. The highest BCUT2D eigenvalue weighted by atomic mass is 32.2.